The van der Waals surface area contributed by atoms with E-state index in [4.69, 9.17) is 5.11 Å². The molecule has 6 heteroatoms. The number of carboxylic acid groups (broad SMARTS) is 1. The number of hydrogen-bond acceptors (Lipinski definition) is 3. The molecule has 0 aromatic heterocycles. The van der Waals surface area contributed by atoms with Gasteiger partial charge in [0.1, 0.15) is 0 Å². The minimum atomic E-state index is -3.64. The third kappa shape index (κ3) is 4.04. The molecule has 1 rings (SSSR count). The van der Waals surface area contributed by atoms with Gasteiger partial charge in [0, 0.05) is 12.6 Å². The molecule has 0 spiro atoms. The summed E-state index contributed by atoms with van der Waals surface area (Å²) < 4.78 is 26.2. The molecule has 0 saturated heterocycles. The topological polar surface area (TPSA) is 74.7 Å². The fourth-order valence-electron chi connectivity index (χ4n) is 1.71. The average Bonchev–Trinajstić information content (AvgIpc) is 2.39. The van der Waals surface area contributed by atoms with Crippen molar-refractivity contribution >= 4 is 16.0 Å². The molecule has 0 aliphatic heterocycles. The van der Waals surface area contributed by atoms with E-state index < -0.39 is 16.0 Å². The molecule has 0 aliphatic carbocycles. The molecule has 1 atom stereocenters. The maximum Gasteiger partial charge on any atom is 0.304 e. The van der Waals surface area contributed by atoms with E-state index in [0.717, 1.165) is 0 Å². The second-order valence-corrected chi connectivity index (χ2v) is 6.22. The van der Waals surface area contributed by atoms with Crippen molar-refractivity contribution in [3.8, 4) is 0 Å². The largest absolute Gasteiger partial charge is 0.481 e. The van der Waals surface area contributed by atoms with E-state index >= 15 is 0 Å². The van der Waals surface area contributed by atoms with Gasteiger partial charge < -0.3 is 5.11 Å². The third-order valence-corrected chi connectivity index (χ3v) is 5.01. The van der Waals surface area contributed by atoms with Gasteiger partial charge in [-0.2, -0.15) is 4.31 Å². The lowest BCUT2D eigenvalue weighted by molar-refractivity contribution is -0.137. The van der Waals surface area contributed by atoms with Gasteiger partial charge in [0.05, 0.1) is 11.3 Å². The van der Waals surface area contributed by atoms with Crippen molar-refractivity contribution in [2.45, 2.75) is 37.6 Å². The number of benzene rings is 1. The standard InChI is InChI=1S/C13H19NO4S/c1-3-11(2)14(10-9-13(15)16)19(17,18)12-7-5-4-6-8-12/h4-8,11H,3,9-10H2,1-2H3,(H,15,16). The molecular formula is C13H19NO4S. The van der Waals surface area contributed by atoms with Crippen molar-refractivity contribution < 1.29 is 18.3 Å². The van der Waals surface area contributed by atoms with Gasteiger partial charge in [-0.15, -0.1) is 0 Å². The molecule has 1 aromatic rings. The predicted octanol–water partition coefficient (Wildman–Crippen LogP) is 1.95. The summed E-state index contributed by atoms with van der Waals surface area (Å²) in [5.41, 5.74) is 0. The molecule has 0 amide bonds. The lowest BCUT2D eigenvalue weighted by atomic mass is 10.2. The van der Waals surface area contributed by atoms with E-state index in [1.807, 2.05) is 6.92 Å². The summed E-state index contributed by atoms with van der Waals surface area (Å²) in [4.78, 5) is 10.9. The number of carbonyl (C=O) groups is 1. The van der Waals surface area contributed by atoms with Crippen LogP contribution in [-0.4, -0.2) is 36.4 Å². The monoisotopic (exact) mass is 285 g/mol. The smallest absolute Gasteiger partial charge is 0.304 e. The zero-order chi connectivity index (χ0) is 14.5. The summed E-state index contributed by atoms with van der Waals surface area (Å²) in [6.45, 7) is 3.64. The Bertz CT molecular complexity index is 513. The van der Waals surface area contributed by atoms with Crippen molar-refractivity contribution in [3.05, 3.63) is 30.3 Å². The van der Waals surface area contributed by atoms with Gasteiger partial charge in [0.25, 0.3) is 0 Å². The molecular weight excluding hydrogens is 266 g/mol. The first kappa shape index (κ1) is 15.7. The van der Waals surface area contributed by atoms with Crippen LogP contribution in [0.15, 0.2) is 35.2 Å². The van der Waals surface area contributed by atoms with Crippen LogP contribution < -0.4 is 0 Å². The normalized spacial score (nSPS) is 13.4. The summed E-state index contributed by atoms with van der Waals surface area (Å²) in [7, 11) is -3.64. The number of rotatable bonds is 7. The highest BCUT2D eigenvalue weighted by Crippen LogP contribution is 2.19. The zero-order valence-corrected chi connectivity index (χ0v) is 11.9. The van der Waals surface area contributed by atoms with Crippen LogP contribution in [0.1, 0.15) is 26.7 Å². The van der Waals surface area contributed by atoms with Crippen molar-refractivity contribution in [1.82, 2.24) is 4.31 Å². The highest BCUT2D eigenvalue weighted by Gasteiger charge is 2.28. The first-order valence-electron chi connectivity index (χ1n) is 6.18. The molecule has 0 aliphatic rings. The van der Waals surface area contributed by atoms with Crippen molar-refractivity contribution in [2.24, 2.45) is 0 Å². The van der Waals surface area contributed by atoms with Crippen LogP contribution in [0.5, 0.6) is 0 Å². The van der Waals surface area contributed by atoms with Crippen molar-refractivity contribution in [2.75, 3.05) is 6.54 Å². The Balaban J connectivity index is 3.06. The molecule has 0 radical (unpaired) electrons. The summed E-state index contributed by atoms with van der Waals surface area (Å²) in [6.07, 6.45) is 0.433. The lowest BCUT2D eigenvalue weighted by Crippen LogP contribution is -2.39. The minimum absolute atomic E-state index is 0.0123. The quantitative estimate of drug-likeness (QED) is 0.831. The van der Waals surface area contributed by atoms with E-state index in [-0.39, 0.29) is 23.9 Å². The summed E-state index contributed by atoms with van der Waals surface area (Å²) in [5.74, 6) is -1.00. The number of sulfonamides is 1. The van der Waals surface area contributed by atoms with Crippen molar-refractivity contribution in [3.63, 3.8) is 0 Å². The Hall–Kier alpha value is -1.40. The molecule has 5 nitrogen and oxygen atoms in total. The molecule has 0 fully saturated rings. The average molecular weight is 285 g/mol. The molecule has 0 heterocycles. The Morgan fingerprint density at radius 3 is 2.37 bits per heavy atom. The van der Waals surface area contributed by atoms with Crippen molar-refractivity contribution in [1.29, 1.82) is 0 Å². The number of aliphatic carboxylic acids is 1. The Kier molecular flexibility index (Phi) is 5.50. The summed E-state index contributed by atoms with van der Waals surface area (Å²) in [5, 5.41) is 8.73. The second kappa shape index (κ2) is 6.68. The predicted molar refractivity (Wildman–Crippen MR) is 72.3 cm³/mol. The molecule has 1 N–H and O–H groups in total. The van der Waals surface area contributed by atoms with Gasteiger partial charge in [-0.25, -0.2) is 8.42 Å². The maximum atomic E-state index is 12.5. The van der Waals surface area contributed by atoms with E-state index in [9.17, 15) is 13.2 Å². The number of nitrogens with zero attached hydrogens (tertiary/aromatic N) is 1. The van der Waals surface area contributed by atoms with Gasteiger partial charge in [-0.05, 0) is 25.5 Å². The van der Waals surface area contributed by atoms with Gasteiger partial charge in [0.15, 0.2) is 0 Å². The molecule has 19 heavy (non-hydrogen) atoms. The Morgan fingerprint density at radius 2 is 1.89 bits per heavy atom. The van der Waals surface area contributed by atoms with Gasteiger partial charge in [0.2, 0.25) is 10.0 Å². The second-order valence-electron chi connectivity index (χ2n) is 4.33. The molecule has 0 bridgehead atoms. The SMILES string of the molecule is CCC(C)N(CCC(=O)O)S(=O)(=O)c1ccccc1. The van der Waals surface area contributed by atoms with E-state index in [1.54, 1.807) is 25.1 Å². The Labute approximate surface area is 113 Å². The van der Waals surface area contributed by atoms with Crippen LogP contribution >= 0.6 is 0 Å². The first-order chi connectivity index (χ1) is 8.89. The Morgan fingerprint density at radius 1 is 1.32 bits per heavy atom. The minimum Gasteiger partial charge on any atom is -0.481 e. The summed E-state index contributed by atoms with van der Waals surface area (Å²) >= 11 is 0. The fourth-order valence-corrected chi connectivity index (χ4v) is 3.44. The molecule has 1 unspecified atom stereocenters. The van der Waals surface area contributed by atoms with Crippen LogP contribution in [0, 0.1) is 0 Å². The van der Waals surface area contributed by atoms with Gasteiger partial charge >= 0.3 is 5.97 Å². The molecule has 0 saturated carbocycles. The van der Waals surface area contributed by atoms with Crippen LogP contribution in [0.2, 0.25) is 0 Å². The van der Waals surface area contributed by atoms with E-state index in [0.29, 0.717) is 6.42 Å². The van der Waals surface area contributed by atoms with Crippen LogP contribution in [0.4, 0.5) is 0 Å². The van der Waals surface area contributed by atoms with Crippen LogP contribution in [0.3, 0.4) is 0 Å². The van der Waals surface area contributed by atoms with Crippen LogP contribution in [0.25, 0.3) is 0 Å². The highest BCUT2D eigenvalue weighted by molar-refractivity contribution is 7.89. The van der Waals surface area contributed by atoms with E-state index in [2.05, 4.69) is 0 Å². The number of hydrogen-bond donors (Lipinski definition) is 1. The maximum absolute atomic E-state index is 12.5. The lowest BCUT2D eigenvalue weighted by Gasteiger charge is -2.27. The molecule has 106 valence electrons. The third-order valence-electron chi connectivity index (χ3n) is 2.98. The van der Waals surface area contributed by atoms with Gasteiger partial charge in [-0.1, -0.05) is 25.1 Å². The van der Waals surface area contributed by atoms with Gasteiger partial charge in [-0.3, -0.25) is 4.79 Å². The fraction of sp³-hybridized carbons (Fsp3) is 0.462. The summed E-state index contributed by atoms with van der Waals surface area (Å²) in [6, 6.07) is 7.85. The zero-order valence-electron chi connectivity index (χ0n) is 11.1. The molecule has 1 aromatic carbocycles. The van der Waals surface area contributed by atoms with Crippen LogP contribution in [-0.2, 0) is 14.8 Å². The first-order valence-corrected chi connectivity index (χ1v) is 7.62. The highest BCUT2D eigenvalue weighted by atomic mass is 32.2. The number of carboxylic acids is 1. The van der Waals surface area contributed by atoms with E-state index in [1.165, 1.54) is 16.4 Å².